The lowest BCUT2D eigenvalue weighted by molar-refractivity contribution is -0.136. The van der Waals surface area contributed by atoms with Gasteiger partial charge in [-0.05, 0) is 18.2 Å². The molecule has 0 bridgehead atoms. The number of fused-ring (bicyclic) bond motifs is 1. The first-order valence-corrected chi connectivity index (χ1v) is 5.91. The number of aromatic nitrogens is 1. The van der Waals surface area contributed by atoms with Crippen LogP contribution in [0.1, 0.15) is 28.0 Å². The van der Waals surface area contributed by atoms with Crippen LogP contribution in [0.4, 0.5) is 0 Å². The molecule has 2 aromatic rings. The van der Waals surface area contributed by atoms with Crippen molar-refractivity contribution < 1.29 is 19.5 Å². The first kappa shape index (κ1) is 13.3. The van der Waals surface area contributed by atoms with E-state index in [0.717, 1.165) is 0 Å². The number of aldehydes is 1. The van der Waals surface area contributed by atoms with Crippen molar-refractivity contribution in [3.8, 4) is 0 Å². The lowest BCUT2D eigenvalue weighted by Crippen LogP contribution is -2.11. The van der Waals surface area contributed by atoms with Crippen LogP contribution in [0.15, 0.2) is 24.4 Å². The highest BCUT2D eigenvalue weighted by atomic mass is 35.5. The number of rotatable bonds is 4. The maximum absolute atomic E-state index is 11.9. The maximum Gasteiger partial charge on any atom is 0.303 e. The number of nitrogens with zero attached hydrogens (tertiary/aromatic N) is 1. The molecular weight excluding hydrogens is 270 g/mol. The van der Waals surface area contributed by atoms with E-state index in [4.69, 9.17) is 16.7 Å². The summed E-state index contributed by atoms with van der Waals surface area (Å²) >= 11 is 5.85. The zero-order chi connectivity index (χ0) is 14.0. The second kappa shape index (κ2) is 5.24. The molecule has 0 aliphatic rings. The minimum absolute atomic E-state index is 0.125. The second-order valence-electron chi connectivity index (χ2n) is 4.02. The number of benzene rings is 1. The van der Waals surface area contributed by atoms with Crippen molar-refractivity contribution in [2.45, 2.75) is 12.8 Å². The fourth-order valence-electron chi connectivity index (χ4n) is 1.86. The third-order valence-electron chi connectivity index (χ3n) is 2.75. The normalized spacial score (nSPS) is 10.6. The fraction of sp³-hybridized carbons (Fsp3) is 0.154. The van der Waals surface area contributed by atoms with Gasteiger partial charge >= 0.3 is 5.97 Å². The smallest absolute Gasteiger partial charge is 0.303 e. The van der Waals surface area contributed by atoms with Gasteiger partial charge < -0.3 is 5.11 Å². The van der Waals surface area contributed by atoms with Gasteiger partial charge in [0.2, 0.25) is 5.91 Å². The highest BCUT2D eigenvalue weighted by Crippen LogP contribution is 2.24. The molecular formula is C13H10ClNO4. The summed E-state index contributed by atoms with van der Waals surface area (Å²) in [5, 5.41) is 9.61. The zero-order valence-electron chi connectivity index (χ0n) is 9.80. The quantitative estimate of drug-likeness (QED) is 0.873. The summed E-state index contributed by atoms with van der Waals surface area (Å²) in [6.07, 6.45) is 1.67. The number of carbonyl (C=O) groups is 3. The summed E-state index contributed by atoms with van der Waals surface area (Å²) in [6.45, 7) is 0. The molecule has 0 fully saturated rings. The van der Waals surface area contributed by atoms with E-state index in [-0.39, 0.29) is 18.7 Å². The molecule has 2 rings (SSSR count). The van der Waals surface area contributed by atoms with Crippen LogP contribution >= 0.6 is 11.6 Å². The molecule has 0 amide bonds. The van der Waals surface area contributed by atoms with Crippen molar-refractivity contribution in [3.05, 3.63) is 35.0 Å². The molecule has 19 heavy (non-hydrogen) atoms. The molecule has 0 spiro atoms. The molecule has 0 atom stereocenters. The van der Waals surface area contributed by atoms with Gasteiger partial charge in [-0.15, -0.1) is 0 Å². The van der Waals surface area contributed by atoms with Gasteiger partial charge in [0, 0.05) is 28.6 Å². The Kier molecular flexibility index (Phi) is 3.66. The molecule has 0 radical (unpaired) electrons. The maximum atomic E-state index is 11.9. The Morgan fingerprint density at radius 1 is 1.32 bits per heavy atom. The van der Waals surface area contributed by atoms with Crippen LogP contribution in [-0.4, -0.2) is 27.8 Å². The minimum atomic E-state index is -1.04. The Hall–Kier alpha value is -2.14. The van der Waals surface area contributed by atoms with Crippen LogP contribution in [0.2, 0.25) is 5.02 Å². The van der Waals surface area contributed by atoms with E-state index in [2.05, 4.69) is 0 Å². The molecule has 1 aromatic carbocycles. The van der Waals surface area contributed by atoms with Crippen molar-refractivity contribution in [3.63, 3.8) is 0 Å². The zero-order valence-corrected chi connectivity index (χ0v) is 10.6. The van der Waals surface area contributed by atoms with Crippen LogP contribution in [-0.2, 0) is 4.79 Å². The average Bonchev–Trinajstić information content (AvgIpc) is 2.73. The Morgan fingerprint density at radius 3 is 2.68 bits per heavy atom. The third kappa shape index (κ3) is 2.66. The number of aliphatic carboxylic acids is 1. The van der Waals surface area contributed by atoms with Crippen LogP contribution in [0, 0.1) is 0 Å². The van der Waals surface area contributed by atoms with Crippen LogP contribution in [0.25, 0.3) is 10.9 Å². The molecule has 98 valence electrons. The minimum Gasteiger partial charge on any atom is -0.481 e. The standard InChI is InChI=1S/C13H10ClNO4/c14-9-1-2-11-10(5-9)8(7-16)6-15(11)12(17)3-4-13(18)19/h1-2,5-7H,3-4H2,(H,18,19). The van der Waals surface area contributed by atoms with Gasteiger partial charge in [0.15, 0.2) is 6.29 Å². The lowest BCUT2D eigenvalue weighted by Gasteiger charge is -2.02. The van der Waals surface area contributed by atoms with Crippen LogP contribution < -0.4 is 0 Å². The topological polar surface area (TPSA) is 76.4 Å². The summed E-state index contributed by atoms with van der Waals surface area (Å²) in [5.41, 5.74) is 0.892. The first-order valence-electron chi connectivity index (χ1n) is 5.53. The predicted molar refractivity (Wildman–Crippen MR) is 69.8 cm³/mol. The number of carboxylic acids is 1. The number of carboxylic acid groups (broad SMARTS) is 1. The van der Waals surface area contributed by atoms with Gasteiger partial charge in [0.05, 0.1) is 11.9 Å². The molecule has 1 aromatic heterocycles. The Bertz CT molecular complexity index is 675. The number of carbonyl (C=O) groups excluding carboxylic acids is 2. The van der Waals surface area contributed by atoms with Gasteiger partial charge in [0.1, 0.15) is 0 Å². The summed E-state index contributed by atoms with van der Waals surface area (Å²) in [6, 6.07) is 4.84. The number of halogens is 1. The van der Waals surface area contributed by atoms with Crippen molar-refractivity contribution in [2.75, 3.05) is 0 Å². The molecule has 6 heteroatoms. The third-order valence-corrected chi connectivity index (χ3v) is 2.98. The van der Waals surface area contributed by atoms with E-state index in [9.17, 15) is 14.4 Å². The summed E-state index contributed by atoms with van der Waals surface area (Å²) < 4.78 is 1.29. The largest absolute Gasteiger partial charge is 0.481 e. The highest BCUT2D eigenvalue weighted by molar-refractivity contribution is 6.31. The van der Waals surface area contributed by atoms with E-state index in [1.54, 1.807) is 18.2 Å². The van der Waals surface area contributed by atoms with Gasteiger partial charge in [-0.1, -0.05) is 11.6 Å². The second-order valence-corrected chi connectivity index (χ2v) is 4.46. The molecule has 0 aliphatic carbocycles. The number of hydrogen-bond acceptors (Lipinski definition) is 3. The monoisotopic (exact) mass is 279 g/mol. The van der Waals surface area contributed by atoms with Crippen LogP contribution in [0.3, 0.4) is 0 Å². The molecule has 1 heterocycles. The molecule has 0 unspecified atom stereocenters. The summed E-state index contributed by atoms with van der Waals surface area (Å²) in [7, 11) is 0. The van der Waals surface area contributed by atoms with Crippen LogP contribution in [0.5, 0.6) is 0 Å². The molecule has 0 aliphatic heterocycles. The van der Waals surface area contributed by atoms with E-state index >= 15 is 0 Å². The average molecular weight is 280 g/mol. The molecule has 0 saturated heterocycles. The molecule has 1 N–H and O–H groups in total. The van der Waals surface area contributed by atoms with E-state index in [0.29, 0.717) is 27.8 Å². The van der Waals surface area contributed by atoms with Gasteiger partial charge in [-0.25, -0.2) is 0 Å². The molecule has 0 saturated carbocycles. The highest BCUT2D eigenvalue weighted by Gasteiger charge is 2.14. The lowest BCUT2D eigenvalue weighted by atomic mass is 10.2. The van der Waals surface area contributed by atoms with Crippen molar-refractivity contribution in [1.29, 1.82) is 0 Å². The molecule has 5 nitrogen and oxygen atoms in total. The van der Waals surface area contributed by atoms with Crippen molar-refractivity contribution >= 4 is 40.7 Å². The first-order chi connectivity index (χ1) is 9.02. The summed E-state index contributed by atoms with van der Waals surface area (Å²) in [4.78, 5) is 33.4. The van der Waals surface area contributed by atoms with Gasteiger partial charge in [-0.3, -0.25) is 19.0 Å². The Balaban J connectivity index is 2.46. The van der Waals surface area contributed by atoms with Gasteiger partial charge in [0.25, 0.3) is 0 Å². The summed E-state index contributed by atoms with van der Waals surface area (Å²) in [5.74, 6) is -1.41. The van der Waals surface area contributed by atoms with Crippen molar-refractivity contribution in [2.24, 2.45) is 0 Å². The van der Waals surface area contributed by atoms with E-state index in [1.807, 2.05) is 0 Å². The Labute approximate surface area is 113 Å². The Morgan fingerprint density at radius 2 is 2.05 bits per heavy atom. The van der Waals surface area contributed by atoms with Crippen molar-refractivity contribution in [1.82, 2.24) is 4.57 Å². The van der Waals surface area contributed by atoms with E-state index < -0.39 is 5.97 Å². The SMILES string of the molecule is O=Cc1cn(C(=O)CCC(=O)O)c2ccc(Cl)cc12. The van der Waals surface area contributed by atoms with E-state index in [1.165, 1.54) is 10.8 Å². The van der Waals surface area contributed by atoms with Gasteiger partial charge in [-0.2, -0.15) is 0 Å². The fourth-order valence-corrected chi connectivity index (χ4v) is 2.03. The number of hydrogen-bond donors (Lipinski definition) is 1. The predicted octanol–water partition coefficient (Wildman–Crippen LogP) is 2.61.